The van der Waals surface area contributed by atoms with Gasteiger partial charge < -0.3 is 14.2 Å². The molecule has 0 bridgehead atoms. The molecule has 5 heteroatoms. The lowest BCUT2D eigenvalue weighted by molar-refractivity contribution is -0.170. The number of benzene rings is 2. The molecule has 1 fully saturated rings. The Kier molecular flexibility index (Phi) is 7.80. The number of rotatable bonds is 7. The van der Waals surface area contributed by atoms with Crippen molar-refractivity contribution in [2.75, 3.05) is 13.2 Å². The second kappa shape index (κ2) is 10.8. The van der Waals surface area contributed by atoms with Crippen LogP contribution in [0.5, 0.6) is 5.75 Å². The lowest BCUT2D eigenvalue weighted by Gasteiger charge is -2.26. The molecule has 1 aliphatic rings. The topological polar surface area (TPSA) is 27.7 Å². The molecule has 1 heterocycles. The Morgan fingerprint density at radius 2 is 1.66 bits per heavy atom. The predicted molar refractivity (Wildman–Crippen MR) is 109 cm³/mol. The highest BCUT2D eigenvalue weighted by molar-refractivity contribution is 5.65. The van der Waals surface area contributed by atoms with E-state index in [-0.39, 0.29) is 5.75 Å². The van der Waals surface area contributed by atoms with Gasteiger partial charge in [-0.1, -0.05) is 36.3 Å². The van der Waals surface area contributed by atoms with Crippen molar-refractivity contribution in [1.82, 2.24) is 0 Å². The maximum atomic E-state index is 12.2. The predicted octanol–water partition coefficient (Wildman–Crippen LogP) is 5.65. The first-order chi connectivity index (χ1) is 14.1. The van der Waals surface area contributed by atoms with Crippen LogP contribution >= 0.6 is 0 Å². The summed E-state index contributed by atoms with van der Waals surface area (Å²) in [7, 11) is 0. The van der Waals surface area contributed by atoms with Gasteiger partial charge >= 0.3 is 6.61 Å². The first-order valence-corrected chi connectivity index (χ1v) is 9.65. The van der Waals surface area contributed by atoms with Gasteiger partial charge in [0.25, 0.3) is 0 Å². The van der Waals surface area contributed by atoms with E-state index in [0.717, 1.165) is 36.0 Å². The van der Waals surface area contributed by atoms with Gasteiger partial charge in [0.1, 0.15) is 5.75 Å². The molecule has 0 radical (unpaired) electrons. The molecule has 0 aliphatic carbocycles. The molecule has 0 amide bonds. The Balaban J connectivity index is 1.52. The van der Waals surface area contributed by atoms with E-state index >= 15 is 0 Å². The van der Waals surface area contributed by atoms with Crippen LogP contribution in [0.3, 0.4) is 0 Å². The first kappa shape index (κ1) is 21.0. The van der Waals surface area contributed by atoms with Crippen molar-refractivity contribution >= 4 is 0 Å². The molecular weight excluding hydrogens is 374 g/mol. The Morgan fingerprint density at radius 3 is 2.24 bits per heavy atom. The number of ether oxygens (including phenoxy) is 3. The maximum Gasteiger partial charge on any atom is 0.387 e. The van der Waals surface area contributed by atoms with Gasteiger partial charge in [-0.05, 0) is 60.6 Å². The summed E-state index contributed by atoms with van der Waals surface area (Å²) in [5.74, 6) is 6.65. The van der Waals surface area contributed by atoms with E-state index < -0.39 is 12.9 Å². The van der Waals surface area contributed by atoms with Crippen LogP contribution in [0.1, 0.15) is 24.8 Å². The van der Waals surface area contributed by atoms with Crippen LogP contribution < -0.4 is 4.74 Å². The van der Waals surface area contributed by atoms with Crippen LogP contribution in [-0.2, 0) is 9.47 Å². The average molecular weight is 398 g/mol. The van der Waals surface area contributed by atoms with Crippen molar-refractivity contribution in [3.05, 3.63) is 66.7 Å². The fourth-order valence-electron chi connectivity index (χ4n) is 3.06. The molecule has 1 saturated heterocycles. The quantitative estimate of drug-likeness (QED) is 0.343. The summed E-state index contributed by atoms with van der Waals surface area (Å²) in [6.45, 7) is 2.25. The monoisotopic (exact) mass is 398 g/mol. The second-order valence-corrected chi connectivity index (χ2v) is 6.83. The minimum Gasteiger partial charge on any atom is -0.435 e. The van der Waals surface area contributed by atoms with E-state index in [1.807, 2.05) is 30.3 Å². The fourth-order valence-corrected chi connectivity index (χ4v) is 3.06. The molecule has 3 nitrogen and oxygen atoms in total. The largest absolute Gasteiger partial charge is 0.435 e. The number of unbranched alkanes of at least 4 members (excludes halogenated alkanes) is 1. The highest BCUT2D eigenvalue weighted by Gasteiger charge is 2.20. The highest BCUT2D eigenvalue weighted by Crippen LogP contribution is 2.23. The lowest BCUT2D eigenvalue weighted by Crippen LogP contribution is -2.31. The number of hydrogen-bond acceptors (Lipinski definition) is 3. The zero-order chi connectivity index (χ0) is 20.5. The van der Waals surface area contributed by atoms with Gasteiger partial charge in [0.05, 0.1) is 13.2 Å². The zero-order valence-electron chi connectivity index (χ0n) is 16.2. The standard InChI is InChI=1S/C24H24F2O3/c1-2-3-4-5-19-16-27-23(28-17-19)15-8-18-6-9-20(10-7-18)21-11-13-22(14-12-21)29-24(25)26/h2,6-7,9-14,19,23-24H,1,3-5,16-17H2/t19-,23-. The Bertz CT molecular complexity index is 827. The highest BCUT2D eigenvalue weighted by atomic mass is 19.3. The van der Waals surface area contributed by atoms with Crippen LogP contribution in [0.25, 0.3) is 11.1 Å². The average Bonchev–Trinajstić information content (AvgIpc) is 2.74. The summed E-state index contributed by atoms with van der Waals surface area (Å²) >= 11 is 0. The molecule has 2 aromatic rings. The van der Waals surface area contributed by atoms with Gasteiger partial charge in [-0.15, -0.1) is 6.58 Å². The molecule has 0 unspecified atom stereocenters. The molecular formula is C24H24F2O3. The third-order valence-corrected chi connectivity index (χ3v) is 4.62. The van der Waals surface area contributed by atoms with E-state index in [2.05, 4.69) is 23.2 Å². The third kappa shape index (κ3) is 6.70. The molecule has 152 valence electrons. The smallest absolute Gasteiger partial charge is 0.387 e. The normalized spacial score (nSPS) is 18.7. The van der Waals surface area contributed by atoms with E-state index in [1.165, 1.54) is 12.1 Å². The summed E-state index contributed by atoms with van der Waals surface area (Å²) in [6.07, 6.45) is 4.63. The molecule has 0 N–H and O–H groups in total. The molecule has 0 spiro atoms. The van der Waals surface area contributed by atoms with Gasteiger partial charge in [0.2, 0.25) is 6.29 Å². The van der Waals surface area contributed by atoms with Crippen LogP contribution in [0.4, 0.5) is 8.78 Å². The van der Waals surface area contributed by atoms with Gasteiger partial charge in [0.15, 0.2) is 0 Å². The molecule has 0 aromatic heterocycles. The first-order valence-electron chi connectivity index (χ1n) is 9.65. The summed E-state index contributed by atoms with van der Waals surface area (Å²) in [5.41, 5.74) is 2.73. The van der Waals surface area contributed by atoms with Crippen molar-refractivity contribution < 1.29 is 23.0 Å². The van der Waals surface area contributed by atoms with Crippen LogP contribution in [0.2, 0.25) is 0 Å². The fraction of sp³-hybridized carbons (Fsp3) is 0.333. The third-order valence-electron chi connectivity index (χ3n) is 4.62. The Morgan fingerprint density at radius 1 is 1.03 bits per heavy atom. The summed E-state index contributed by atoms with van der Waals surface area (Å²) in [4.78, 5) is 0. The maximum absolute atomic E-state index is 12.2. The van der Waals surface area contributed by atoms with E-state index in [1.54, 1.807) is 12.1 Å². The number of hydrogen-bond donors (Lipinski definition) is 0. The minimum atomic E-state index is -2.82. The van der Waals surface area contributed by atoms with Gasteiger partial charge in [-0.2, -0.15) is 8.78 Å². The molecule has 29 heavy (non-hydrogen) atoms. The van der Waals surface area contributed by atoms with Crippen molar-refractivity contribution in [2.24, 2.45) is 5.92 Å². The summed E-state index contributed by atoms with van der Waals surface area (Å²) in [5, 5.41) is 0. The van der Waals surface area contributed by atoms with Gasteiger partial charge in [-0.25, -0.2) is 0 Å². The van der Waals surface area contributed by atoms with Crippen molar-refractivity contribution in [2.45, 2.75) is 32.2 Å². The summed E-state index contributed by atoms with van der Waals surface area (Å²) in [6, 6.07) is 14.2. The zero-order valence-corrected chi connectivity index (χ0v) is 16.2. The van der Waals surface area contributed by atoms with E-state index in [4.69, 9.17) is 9.47 Å². The lowest BCUT2D eigenvalue weighted by atomic mass is 10.0. The molecule has 3 rings (SSSR count). The van der Waals surface area contributed by atoms with Crippen molar-refractivity contribution in [3.63, 3.8) is 0 Å². The number of alkyl halides is 2. The summed E-state index contributed by atoms with van der Waals surface area (Å²) < 4.78 is 40.2. The Labute approximate surface area is 170 Å². The Hall–Kier alpha value is -2.68. The van der Waals surface area contributed by atoms with E-state index in [0.29, 0.717) is 19.1 Å². The van der Waals surface area contributed by atoms with Crippen LogP contribution in [0.15, 0.2) is 61.2 Å². The number of halogens is 2. The molecule has 0 saturated carbocycles. The minimum absolute atomic E-state index is 0.140. The SMILES string of the molecule is C=CCCC[C@H]1CO[C@H](C#Cc2ccc(-c3ccc(OC(F)F)cc3)cc2)OC1. The van der Waals surface area contributed by atoms with Crippen molar-refractivity contribution in [1.29, 1.82) is 0 Å². The molecule has 0 atom stereocenters. The van der Waals surface area contributed by atoms with Crippen LogP contribution in [-0.4, -0.2) is 26.1 Å². The van der Waals surface area contributed by atoms with Crippen molar-refractivity contribution in [3.8, 4) is 28.7 Å². The molecule has 1 aliphatic heterocycles. The second-order valence-electron chi connectivity index (χ2n) is 6.83. The van der Waals surface area contributed by atoms with Gasteiger partial charge in [0, 0.05) is 11.5 Å². The van der Waals surface area contributed by atoms with E-state index in [9.17, 15) is 8.78 Å². The number of allylic oxidation sites excluding steroid dienone is 1. The van der Waals surface area contributed by atoms with Crippen LogP contribution in [0, 0.1) is 17.8 Å². The van der Waals surface area contributed by atoms with Gasteiger partial charge in [-0.3, -0.25) is 0 Å². The molecule has 2 aromatic carbocycles.